The number of nitrogens with zero attached hydrogens (tertiary/aromatic N) is 1. The van der Waals surface area contributed by atoms with Gasteiger partial charge in [-0.1, -0.05) is 15.9 Å². The van der Waals surface area contributed by atoms with Gasteiger partial charge in [0.1, 0.15) is 0 Å². The summed E-state index contributed by atoms with van der Waals surface area (Å²) in [7, 11) is 0. The molecule has 0 aliphatic carbocycles. The third-order valence-corrected chi connectivity index (χ3v) is 3.51. The van der Waals surface area contributed by atoms with Crippen LogP contribution in [0.15, 0.2) is 34.8 Å². The van der Waals surface area contributed by atoms with E-state index >= 15 is 0 Å². The van der Waals surface area contributed by atoms with Crippen molar-refractivity contribution in [2.24, 2.45) is 0 Å². The number of benzene rings is 1. The van der Waals surface area contributed by atoms with Gasteiger partial charge in [0.05, 0.1) is 11.1 Å². The summed E-state index contributed by atoms with van der Waals surface area (Å²) in [5, 5.41) is 0. The van der Waals surface area contributed by atoms with Gasteiger partial charge in [-0.15, -0.1) is 0 Å². The second kappa shape index (κ2) is 5.55. The molecule has 0 aliphatic heterocycles. The standard InChI is InChI=1S/C14H12BrF3N2O/c1-8-3-4-9(2)20(8)19-13(21)11-6-5-10(15)7-12(11)14(16,17)18/h3-7H,1-2H3,(H,19,21). The van der Waals surface area contributed by atoms with Crippen molar-refractivity contribution < 1.29 is 18.0 Å². The molecule has 3 nitrogen and oxygen atoms in total. The van der Waals surface area contributed by atoms with Crippen LogP contribution in [0.4, 0.5) is 13.2 Å². The van der Waals surface area contributed by atoms with Crippen molar-refractivity contribution in [1.29, 1.82) is 0 Å². The van der Waals surface area contributed by atoms with Crippen LogP contribution in [-0.2, 0) is 6.18 Å². The maximum absolute atomic E-state index is 13.0. The van der Waals surface area contributed by atoms with Crippen LogP contribution in [0.1, 0.15) is 27.3 Å². The van der Waals surface area contributed by atoms with E-state index in [1.165, 1.54) is 10.7 Å². The molecule has 0 unspecified atom stereocenters. The van der Waals surface area contributed by atoms with E-state index in [4.69, 9.17) is 0 Å². The highest BCUT2D eigenvalue weighted by Gasteiger charge is 2.35. The molecular weight excluding hydrogens is 349 g/mol. The lowest BCUT2D eigenvalue weighted by atomic mass is 10.1. The molecule has 1 N–H and O–H groups in total. The van der Waals surface area contributed by atoms with Crippen LogP contribution in [-0.4, -0.2) is 10.6 Å². The number of carbonyl (C=O) groups excluding carboxylic acids is 1. The SMILES string of the molecule is Cc1ccc(C)n1NC(=O)c1ccc(Br)cc1C(F)(F)F. The molecule has 1 heterocycles. The predicted octanol–water partition coefficient (Wildman–Crippen LogP) is 4.27. The predicted molar refractivity (Wildman–Crippen MR) is 76.7 cm³/mol. The van der Waals surface area contributed by atoms with E-state index in [1.807, 2.05) is 0 Å². The lowest BCUT2D eigenvalue weighted by Crippen LogP contribution is -2.27. The maximum Gasteiger partial charge on any atom is 0.417 e. The Morgan fingerprint density at radius 2 is 1.71 bits per heavy atom. The van der Waals surface area contributed by atoms with Crippen LogP contribution in [0.3, 0.4) is 0 Å². The minimum atomic E-state index is -4.60. The number of alkyl halides is 3. The molecule has 0 spiro atoms. The normalized spacial score (nSPS) is 11.5. The Balaban J connectivity index is 2.40. The van der Waals surface area contributed by atoms with Gasteiger partial charge in [0.25, 0.3) is 5.91 Å². The lowest BCUT2D eigenvalue weighted by Gasteiger charge is -2.15. The smallest absolute Gasteiger partial charge is 0.267 e. The Morgan fingerprint density at radius 1 is 1.14 bits per heavy atom. The topological polar surface area (TPSA) is 34.0 Å². The highest BCUT2D eigenvalue weighted by Crippen LogP contribution is 2.34. The number of aromatic nitrogens is 1. The van der Waals surface area contributed by atoms with Gasteiger partial charge < -0.3 is 0 Å². The van der Waals surface area contributed by atoms with E-state index in [2.05, 4.69) is 21.4 Å². The number of rotatable bonds is 2. The van der Waals surface area contributed by atoms with E-state index in [0.29, 0.717) is 0 Å². The van der Waals surface area contributed by atoms with Crippen molar-refractivity contribution in [3.8, 4) is 0 Å². The van der Waals surface area contributed by atoms with Gasteiger partial charge in [0, 0.05) is 15.9 Å². The molecule has 7 heteroatoms. The Morgan fingerprint density at radius 3 is 2.24 bits per heavy atom. The van der Waals surface area contributed by atoms with Crippen molar-refractivity contribution in [2.45, 2.75) is 20.0 Å². The number of carbonyl (C=O) groups is 1. The first kappa shape index (κ1) is 15.6. The summed E-state index contributed by atoms with van der Waals surface area (Å²) in [5.41, 5.74) is 2.53. The second-order valence-electron chi connectivity index (χ2n) is 4.58. The van der Waals surface area contributed by atoms with Crippen LogP contribution in [0.2, 0.25) is 0 Å². The average molecular weight is 361 g/mol. The van der Waals surface area contributed by atoms with Crippen LogP contribution in [0, 0.1) is 13.8 Å². The first-order chi connectivity index (χ1) is 9.70. The fourth-order valence-electron chi connectivity index (χ4n) is 1.96. The molecule has 2 aromatic rings. The fourth-order valence-corrected chi connectivity index (χ4v) is 2.32. The molecule has 0 saturated carbocycles. The molecule has 0 fully saturated rings. The third-order valence-electron chi connectivity index (χ3n) is 3.02. The number of hydrogen-bond acceptors (Lipinski definition) is 1. The van der Waals surface area contributed by atoms with Gasteiger partial charge >= 0.3 is 6.18 Å². The number of nitrogens with one attached hydrogen (secondary N) is 1. The van der Waals surface area contributed by atoms with Gasteiger partial charge in [-0.3, -0.25) is 14.9 Å². The van der Waals surface area contributed by atoms with Crippen molar-refractivity contribution in [3.05, 3.63) is 57.3 Å². The van der Waals surface area contributed by atoms with Gasteiger partial charge in [0.2, 0.25) is 0 Å². The Hall–Kier alpha value is -1.76. The molecule has 0 atom stereocenters. The maximum atomic E-state index is 13.0. The third kappa shape index (κ3) is 3.29. The van der Waals surface area contributed by atoms with Gasteiger partial charge in [-0.25, -0.2) is 0 Å². The molecule has 0 saturated heterocycles. The largest absolute Gasteiger partial charge is 0.417 e. The summed E-state index contributed by atoms with van der Waals surface area (Å²) in [5.74, 6) is -0.808. The van der Waals surface area contributed by atoms with Crippen LogP contribution < -0.4 is 5.43 Å². The Labute approximate surface area is 127 Å². The van der Waals surface area contributed by atoms with Crippen molar-refractivity contribution >= 4 is 21.8 Å². The van der Waals surface area contributed by atoms with E-state index in [-0.39, 0.29) is 4.47 Å². The minimum absolute atomic E-state index is 0.264. The summed E-state index contributed by atoms with van der Waals surface area (Å²) < 4.78 is 40.8. The van der Waals surface area contributed by atoms with Crippen molar-refractivity contribution in [2.75, 3.05) is 5.43 Å². The Kier molecular flexibility index (Phi) is 4.13. The fraction of sp³-hybridized carbons (Fsp3) is 0.214. The van der Waals surface area contributed by atoms with E-state index in [0.717, 1.165) is 23.5 Å². The average Bonchev–Trinajstić information content (AvgIpc) is 2.69. The second-order valence-corrected chi connectivity index (χ2v) is 5.50. The zero-order valence-electron chi connectivity index (χ0n) is 11.3. The quantitative estimate of drug-likeness (QED) is 0.852. The van der Waals surface area contributed by atoms with Gasteiger partial charge in [-0.05, 0) is 44.2 Å². The Bertz CT molecular complexity index is 673. The van der Waals surface area contributed by atoms with Crippen LogP contribution in [0.5, 0.6) is 0 Å². The van der Waals surface area contributed by atoms with E-state index in [9.17, 15) is 18.0 Å². The first-order valence-electron chi connectivity index (χ1n) is 6.03. The van der Waals surface area contributed by atoms with Gasteiger partial charge in [0.15, 0.2) is 0 Å². The number of hydrogen-bond donors (Lipinski definition) is 1. The molecule has 1 aromatic heterocycles. The van der Waals surface area contributed by atoms with Crippen molar-refractivity contribution in [3.63, 3.8) is 0 Å². The number of aryl methyl sites for hydroxylation is 2. The van der Waals surface area contributed by atoms with E-state index in [1.54, 1.807) is 26.0 Å². The van der Waals surface area contributed by atoms with Crippen molar-refractivity contribution in [1.82, 2.24) is 4.68 Å². The molecule has 2 rings (SSSR count). The van der Waals surface area contributed by atoms with Crippen LogP contribution in [0.25, 0.3) is 0 Å². The molecule has 21 heavy (non-hydrogen) atoms. The summed E-state index contributed by atoms with van der Waals surface area (Å²) in [4.78, 5) is 12.1. The summed E-state index contributed by atoms with van der Waals surface area (Å²) in [6.45, 7) is 3.50. The van der Waals surface area contributed by atoms with Gasteiger partial charge in [-0.2, -0.15) is 13.2 Å². The number of halogens is 4. The highest BCUT2D eigenvalue weighted by molar-refractivity contribution is 9.10. The molecule has 0 bridgehead atoms. The van der Waals surface area contributed by atoms with E-state index < -0.39 is 23.2 Å². The molecule has 0 aliphatic rings. The summed E-state index contributed by atoms with van der Waals surface area (Å²) >= 11 is 2.98. The van der Waals surface area contributed by atoms with Crippen LogP contribution >= 0.6 is 15.9 Å². The zero-order chi connectivity index (χ0) is 15.8. The minimum Gasteiger partial charge on any atom is -0.267 e. The highest BCUT2D eigenvalue weighted by atomic mass is 79.9. The first-order valence-corrected chi connectivity index (χ1v) is 6.82. The molecule has 1 aromatic carbocycles. The lowest BCUT2D eigenvalue weighted by molar-refractivity contribution is -0.137. The summed E-state index contributed by atoms with van der Waals surface area (Å²) in [6.07, 6.45) is -4.60. The molecule has 0 radical (unpaired) electrons. The number of amides is 1. The molecule has 112 valence electrons. The zero-order valence-corrected chi connectivity index (χ0v) is 12.8. The monoisotopic (exact) mass is 360 g/mol. The summed E-state index contributed by atoms with van der Waals surface area (Å²) in [6, 6.07) is 6.98. The molecule has 1 amide bonds. The molecular formula is C14H12BrF3N2O.